The van der Waals surface area contributed by atoms with E-state index in [2.05, 4.69) is 10.0 Å². The van der Waals surface area contributed by atoms with E-state index >= 15 is 0 Å². The molecule has 0 aliphatic carbocycles. The molecule has 4 aromatic rings. The summed E-state index contributed by atoms with van der Waals surface area (Å²) in [4.78, 5) is 28.8. The molecule has 0 saturated carbocycles. The molecule has 1 aliphatic rings. The molecule has 1 saturated heterocycles. The molecule has 9 nitrogen and oxygen atoms in total. The molecule has 1 atom stereocenters. The molecular formula is C34H36N4O5S. The van der Waals surface area contributed by atoms with Crippen molar-refractivity contribution in [2.75, 3.05) is 44.3 Å². The minimum Gasteiger partial charge on any atom is -0.495 e. The van der Waals surface area contributed by atoms with Gasteiger partial charge in [-0.25, -0.2) is 8.42 Å². The van der Waals surface area contributed by atoms with Crippen molar-refractivity contribution in [3.8, 4) is 16.9 Å². The van der Waals surface area contributed by atoms with Crippen LogP contribution in [0, 0.1) is 6.92 Å². The number of likely N-dealkylation sites (tertiary alicyclic amines) is 1. The maximum atomic E-state index is 13.6. The molecule has 0 spiro atoms. The number of methoxy groups -OCH3 is 1. The van der Waals surface area contributed by atoms with Crippen molar-refractivity contribution >= 4 is 33.2 Å². The van der Waals surface area contributed by atoms with Crippen LogP contribution in [-0.4, -0.2) is 70.4 Å². The quantitative estimate of drug-likeness (QED) is 0.259. The molecular weight excluding hydrogens is 576 g/mol. The van der Waals surface area contributed by atoms with Crippen molar-refractivity contribution in [3.63, 3.8) is 0 Å². The Morgan fingerprint density at radius 1 is 0.864 bits per heavy atom. The normalized spacial score (nSPS) is 14.6. The number of amides is 2. The number of hydrogen-bond acceptors (Lipinski definition) is 6. The van der Waals surface area contributed by atoms with Crippen LogP contribution < -0.4 is 14.8 Å². The first-order chi connectivity index (χ1) is 21.0. The van der Waals surface area contributed by atoms with Crippen LogP contribution in [0.5, 0.6) is 5.75 Å². The summed E-state index contributed by atoms with van der Waals surface area (Å²) >= 11 is 0. The largest absolute Gasteiger partial charge is 0.495 e. The SMILES string of the molecule is COc1ccc(-c2cccc(C(=O)N(C)C)c2)cc1S(=O)(=O)Nc1cccc(NC2CCN(C(=O)c3cccc(C)c3)C2)c1. The van der Waals surface area contributed by atoms with Gasteiger partial charge in [-0.15, -0.1) is 0 Å². The zero-order valence-corrected chi connectivity index (χ0v) is 26.0. The molecule has 10 heteroatoms. The van der Waals surface area contributed by atoms with E-state index in [4.69, 9.17) is 4.74 Å². The van der Waals surface area contributed by atoms with Crippen LogP contribution in [0.15, 0.2) is 95.9 Å². The minimum absolute atomic E-state index is 0.00622. The molecule has 0 radical (unpaired) electrons. The predicted octanol–water partition coefficient (Wildman–Crippen LogP) is 5.50. The maximum Gasteiger partial charge on any atom is 0.265 e. The summed E-state index contributed by atoms with van der Waals surface area (Å²) in [5.74, 6) is 0.0543. The van der Waals surface area contributed by atoms with Crippen LogP contribution in [0.4, 0.5) is 11.4 Å². The molecule has 1 unspecified atom stereocenters. The lowest BCUT2D eigenvalue weighted by Crippen LogP contribution is -2.31. The fourth-order valence-electron chi connectivity index (χ4n) is 5.30. The van der Waals surface area contributed by atoms with Gasteiger partial charge < -0.3 is 19.9 Å². The average Bonchev–Trinajstić information content (AvgIpc) is 3.48. The first kappa shape index (κ1) is 30.6. The van der Waals surface area contributed by atoms with E-state index in [0.717, 1.165) is 17.7 Å². The van der Waals surface area contributed by atoms with E-state index in [0.29, 0.717) is 41.0 Å². The molecule has 4 aromatic carbocycles. The fourth-order valence-corrected chi connectivity index (χ4v) is 6.54. The van der Waals surface area contributed by atoms with E-state index in [-0.39, 0.29) is 28.5 Å². The first-order valence-corrected chi connectivity index (χ1v) is 15.8. The van der Waals surface area contributed by atoms with Gasteiger partial charge in [0, 0.05) is 50.0 Å². The number of nitrogens with zero attached hydrogens (tertiary/aromatic N) is 2. The van der Waals surface area contributed by atoms with Gasteiger partial charge >= 0.3 is 0 Å². The van der Waals surface area contributed by atoms with Gasteiger partial charge in [0.15, 0.2) is 0 Å². The number of benzene rings is 4. The highest BCUT2D eigenvalue weighted by Crippen LogP contribution is 2.32. The number of sulfonamides is 1. The summed E-state index contributed by atoms with van der Waals surface area (Å²) in [6.07, 6.45) is 0.777. The van der Waals surface area contributed by atoms with Gasteiger partial charge in [0.1, 0.15) is 10.6 Å². The highest BCUT2D eigenvalue weighted by atomic mass is 32.2. The number of aryl methyl sites for hydroxylation is 1. The molecule has 1 heterocycles. The van der Waals surface area contributed by atoms with Crippen LogP contribution in [-0.2, 0) is 10.0 Å². The second-order valence-electron chi connectivity index (χ2n) is 11.1. The maximum absolute atomic E-state index is 13.6. The third-order valence-electron chi connectivity index (χ3n) is 7.53. The van der Waals surface area contributed by atoms with Crippen molar-refractivity contribution in [3.05, 3.63) is 108 Å². The molecule has 228 valence electrons. The number of nitrogens with one attached hydrogen (secondary N) is 2. The highest BCUT2D eigenvalue weighted by molar-refractivity contribution is 7.92. The Kier molecular flexibility index (Phi) is 8.91. The molecule has 44 heavy (non-hydrogen) atoms. The van der Waals surface area contributed by atoms with Gasteiger partial charge in [-0.2, -0.15) is 0 Å². The molecule has 5 rings (SSSR count). The van der Waals surface area contributed by atoms with Gasteiger partial charge in [0.05, 0.1) is 12.8 Å². The van der Waals surface area contributed by atoms with E-state index in [1.54, 1.807) is 68.7 Å². The van der Waals surface area contributed by atoms with Crippen LogP contribution in [0.3, 0.4) is 0 Å². The summed E-state index contributed by atoms with van der Waals surface area (Å²) < 4.78 is 35.4. The molecule has 1 aliphatic heterocycles. The van der Waals surface area contributed by atoms with E-state index in [1.807, 2.05) is 48.2 Å². The van der Waals surface area contributed by atoms with Gasteiger partial charge in [0.25, 0.3) is 21.8 Å². The molecule has 2 amide bonds. The lowest BCUT2D eigenvalue weighted by atomic mass is 10.0. The lowest BCUT2D eigenvalue weighted by molar-refractivity contribution is 0.0790. The number of anilines is 2. The number of ether oxygens (including phenoxy) is 1. The third kappa shape index (κ3) is 6.86. The molecule has 2 N–H and O–H groups in total. The second kappa shape index (κ2) is 12.8. The van der Waals surface area contributed by atoms with Crippen molar-refractivity contribution < 1.29 is 22.7 Å². The monoisotopic (exact) mass is 612 g/mol. The van der Waals surface area contributed by atoms with Crippen molar-refractivity contribution in [2.45, 2.75) is 24.3 Å². The Morgan fingerprint density at radius 2 is 1.57 bits per heavy atom. The van der Waals surface area contributed by atoms with Crippen LogP contribution >= 0.6 is 0 Å². The first-order valence-electron chi connectivity index (χ1n) is 14.3. The van der Waals surface area contributed by atoms with Crippen molar-refractivity contribution in [2.24, 2.45) is 0 Å². The third-order valence-corrected chi connectivity index (χ3v) is 8.93. The Balaban J connectivity index is 1.31. The van der Waals surface area contributed by atoms with E-state index in [9.17, 15) is 18.0 Å². The van der Waals surface area contributed by atoms with Gasteiger partial charge in [-0.3, -0.25) is 14.3 Å². The Hall–Kier alpha value is -4.83. The minimum atomic E-state index is -4.06. The fraction of sp³-hybridized carbons (Fsp3) is 0.235. The number of rotatable bonds is 9. The highest BCUT2D eigenvalue weighted by Gasteiger charge is 2.27. The Labute approximate surface area is 258 Å². The Bertz CT molecular complexity index is 1810. The van der Waals surface area contributed by atoms with Crippen LogP contribution in [0.2, 0.25) is 0 Å². The van der Waals surface area contributed by atoms with Crippen molar-refractivity contribution in [1.82, 2.24) is 9.80 Å². The summed E-state index contributed by atoms with van der Waals surface area (Å²) in [6, 6.07) is 26.6. The van der Waals surface area contributed by atoms with Gasteiger partial charge in [-0.05, 0) is 79.1 Å². The standard InChI is InChI=1S/C34H36N4O5S/c1-23-8-5-10-26(18-23)34(40)38-17-16-30(22-38)35-28-12-7-13-29(21-28)36-44(41,42)32-20-25(14-15-31(32)43-4)24-9-6-11-27(19-24)33(39)37(2)3/h5-15,18-21,30,35-36H,16-17,22H2,1-4H3. The van der Waals surface area contributed by atoms with Crippen LogP contribution in [0.25, 0.3) is 11.1 Å². The second-order valence-corrected chi connectivity index (χ2v) is 12.7. The summed E-state index contributed by atoms with van der Waals surface area (Å²) in [6.45, 7) is 3.15. The zero-order chi connectivity index (χ0) is 31.4. The summed E-state index contributed by atoms with van der Waals surface area (Å²) in [5.41, 5.74) is 4.67. The van der Waals surface area contributed by atoms with E-state index in [1.165, 1.54) is 12.0 Å². The lowest BCUT2D eigenvalue weighted by Gasteiger charge is -2.19. The van der Waals surface area contributed by atoms with Crippen LogP contribution in [0.1, 0.15) is 32.7 Å². The molecule has 0 bridgehead atoms. The summed E-state index contributed by atoms with van der Waals surface area (Å²) in [5, 5.41) is 3.45. The Morgan fingerprint density at radius 3 is 2.32 bits per heavy atom. The van der Waals surface area contributed by atoms with Gasteiger partial charge in [-0.1, -0.05) is 42.0 Å². The van der Waals surface area contributed by atoms with E-state index < -0.39 is 10.0 Å². The number of carbonyl (C=O) groups is 2. The average molecular weight is 613 g/mol. The molecule has 1 fully saturated rings. The van der Waals surface area contributed by atoms with Gasteiger partial charge in [0.2, 0.25) is 0 Å². The number of hydrogen-bond donors (Lipinski definition) is 2. The number of carbonyl (C=O) groups excluding carboxylic acids is 2. The summed E-state index contributed by atoms with van der Waals surface area (Å²) in [7, 11) is 0.724. The predicted molar refractivity (Wildman–Crippen MR) is 173 cm³/mol. The zero-order valence-electron chi connectivity index (χ0n) is 25.2. The van der Waals surface area contributed by atoms with Crippen molar-refractivity contribution in [1.29, 1.82) is 0 Å². The smallest absolute Gasteiger partial charge is 0.265 e. The topological polar surface area (TPSA) is 108 Å². The molecule has 0 aromatic heterocycles.